The van der Waals surface area contributed by atoms with E-state index in [0.717, 1.165) is 15.6 Å². The second-order valence-electron chi connectivity index (χ2n) is 2.86. The molecular formula is C10H7BrN2. The summed E-state index contributed by atoms with van der Waals surface area (Å²) in [6.07, 6.45) is 1.89. The highest BCUT2D eigenvalue weighted by Crippen LogP contribution is 2.27. The Morgan fingerprint density at radius 2 is 2.23 bits per heavy atom. The predicted molar refractivity (Wildman–Crippen MR) is 54.5 cm³/mol. The van der Waals surface area contributed by atoms with Gasteiger partial charge in [0.2, 0.25) is 0 Å². The Hall–Kier alpha value is -1.27. The number of pyridine rings is 1. The maximum Gasteiger partial charge on any atom is 0.128 e. The van der Waals surface area contributed by atoms with Gasteiger partial charge in [-0.3, -0.25) is 0 Å². The SMILES string of the molecule is Cc1c(Br)c2ccccn2c1C#N. The molecule has 2 rings (SSSR count). The van der Waals surface area contributed by atoms with Crippen LogP contribution in [0.25, 0.3) is 5.52 Å². The van der Waals surface area contributed by atoms with E-state index < -0.39 is 0 Å². The van der Waals surface area contributed by atoms with Gasteiger partial charge < -0.3 is 4.40 Å². The van der Waals surface area contributed by atoms with Crippen molar-refractivity contribution in [1.29, 1.82) is 5.26 Å². The van der Waals surface area contributed by atoms with Crippen molar-refractivity contribution in [3.63, 3.8) is 0 Å². The summed E-state index contributed by atoms with van der Waals surface area (Å²) < 4.78 is 2.89. The number of aromatic nitrogens is 1. The second-order valence-corrected chi connectivity index (χ2v) is 3.65. The lowest BCUT2D eigenvalue weighted by molar-refractivity contribution is 1.14. The molecule has 0 saturated carbocycles. The fraction of sp³-hybridized carbons (Fsp3) is 0.100. The quantitative estimate of drug-likeness (QED) is 0.689. The van der Waals surface area contributed by atoms with Crippen molar-refractivity contribution < 1.29 is 0 Å². The third-order valence-electron chi connectivity index (χ3n) is 2.12. The normalized spacial score (nSPS) is 10.2. The van der Waals surface area contributed by atoms with Crippen LogP contribution in [-0.4, -0.2) is 4.40 Å². The Kier molecular flexibility index (Phi) is 1.86. The molecule has 0 radical (unpaired) electrons. The summed E-state index contributed by atoms with van der Waals surface area (Å²) in [5.74, 6) is 0. The van der Waals surface area contributed by atoms with Crippen molar-refractivity contribution in [3.05, 3.63) is 40.1 Å². The van der Waals surface area contributed by atoms with E-state index in [1.54, 1.807) is 0 Å². The van der Waals surface area contributed by atoms with Crippen LogP contribution >= 0.6 is 15.9 Å². The van der Waals surface area contributed by atoms with Crippen LogP contribution in [0.15, 0.2) is 28.9 Å². The van der Waals surface area contributed by atoms with E-state index in [0.29, 0.717) is 5.69 Å². The van der Waals surface area contributed by atoms with Crippen LogP contribution in [-0.2, 0) is 0 Å². The molecule has 13 heavy (non-hydrogen) atoms. The molecule has 3 heteroatoms. The average Bonchev–Trinajstić information content (AvgIpc) is 2.41. The summed E-state index contributed by atoms with van der Waals surface area (Å²) in [5, 5.41) is 8.94. The minimum atomic E-state index is 0.697. The molecule has 0 spiro atoms. The molecule has 0 bridgehead atoms. The molecule has 2 aromatic rings. The van der Waals surface area contributed by atoms with Gasteiger partial charge >= 0.3 is 0 Å². The third kappa shape index (κ3) is 1.06. The monoisotopic (exact) mass is 234 g/mol. The van der Waals surface area contributed by atoms with Gasteiger partial charge in [-0.1, -0.05) is 6.07 Å². The van der Waals surface area contributed by atoms with E-state index >= 15 is 0 Å². The Balaban J connectivity index is 3.00. The topological polar surface area (TPSA) is 28.2 Å². The zero-order valence-electron chi connectivity index (χ0n) is 7.08. The van der Waals surface area contributed by atoms with Gasteiger partial charge in [-0.15, -0.1) is 0 Å². The summed E-state index contributed by atoms with van der Waals surface area (Å²) in [6, 6.07) is 8.05. The van der Waals surface area contributed by atoms with Gasteiger partial charge in [0.25, 0.3) is 0 Å². The van der Waals surface area contributed by atoms with E-state index in [1.807, 2.05) is 35.7 Å². The fourth-order valence-corrected chi connectivity index (χ4v) is 1.94. The predicted octanol–water partition coefficient (Wildman–Crippen LogP) is 2.88. The third-order valence-corrected chi connectivity index (χ3v) is 3.12. The number of rotatable bonds is 0. The highest BCUT2D eigenvalue weighted by molar-refractivity contribution is 9.10. The molecule has 64 valence electrons. The van der Waals surface area contributed by atoms with E-state index in [4.69, 9.17) is 5.26 Å². The van der Waals surface area contributed by atoms with E-state index in [9.17, 15) is 0 Å². The summed E-state index contributed by atoms with van der Waals surface area (Å²) >= 11 is 3.47. The molecule has 0 amide bonds. The number of fused-ring (bicyclic) bond motifs is 1. The molecule has 0 aliphatic carbocycles. The zero-order valence-corrected chi connectivity index (χ0v) is 8.67. The molecule has 0 aliphatic heterocycles. The molecule has 0 aromatic carbocycles. The molecular weight excluding hydrogens is 228 g/mol. The minimum absolute atomic E-state index is 0.697. The van der Waals surface area contributed by atoms with Gasteiger partial charge in [0.15, 0.2) is 0 Å². The van der Waals surface area contributed by atoms with Gasteiger partial charge in [-0.2, -0.15) is 5.26 Å². The molecule has 0 unspecified atom stereocenters. The molecule has 2 heterocycles. The lowest BCUT2D eigenvalue weighted by Gasteiger charge is -1.93. The summed E-state index contributed by atoms with van der Waals surface area (Å²) in [5.41, 5.74) is 2.73. The number of hydrogen-bond acceptors (Lipinski definition) is 1. The van der Waals surface area contributed by atoms with E-state index in [1.165, 1.54) is 0 Å². The van der Waals surface area contributed by atoms with Crippen LogP contribution in [0.5, 0.6) is 0 Å². The standard InChI is InChI=1S/C10H7BrN2/c1-7-9(6-12)13-5-3-2-4-8(13)10(7)11/h2-5H,1H3. The van der Waals surface area contributed by atoms with E-state index in [-0.39, 0.29) is 0 Å². The lowest BCUT2D eigenvalue weighted by Crippen LogP contribution is -1.86. The van der Waals surface area contributed by atoms with Crippen molar-refractivity contribution in [2.75, 3.05) is 0 Å². The lowest BCUT2D eigenvalue weighted by atomic mass is 10.3. The van der Waals surface area contributed by atoms with Crippen LogP contribution in [0.2, 0.25) is 0 Å². The molecule has 0 fully saturated rings. The molecule has 0 saturated heterocycles. The van der Waals surface area contributed by atoms with Gasteiger partial charge in [-0.25, -0.2) is 0 Å². The summed E-state index contributed by atoms with van der Waals surface area (Å²) in [6.45, 7) is 1.94. The van der Waals surface area contributed by atoms with Crippen LogP contribution in [0.1, 0.15) is 11.3 Å². The first kappa shape index (κ1) is 8.33. The van der Waals surface area contributed by atoms with Gasteiger partial charge in [0.1, 0.15) is 11.8 Å². The molecule has 0 atom stereocenters. The Bertz CT molecular complexity index is 505. The summed E-state index contributed by atoms with van der Waals surface area (Å²) in [7, 11) is 0. The maximum absolute atomic E-state index is 8.94. The minimum Gasteiger partial charge on any atom is -0.307 e. The Morgan fingerprint density at radius 3 is 2.92 bits per heavy atom. The maximum atomic E-state index is 8.94. The van der Waals surface area contributed by atoms with E-state index in [2.05, 4.69) is 22.0 Å². The first-order valence-electron chi connectivity index (χ1n) is 3.91. The van der Waals surface area contributed by atoms with Gasteiger partial charge in [0.05, 0.1) is 5.52 Å². The second kappa shape index (κ2) is 2.90. The van der Waals surface area contributed by atoms with Crippen LogP contribution in [0, 0.1) is 18.3 Å². The Morgan fingerprint density at radius 1 is 1.46 bits per heavy atom. The first-order valence-corrected chi connectivity index (χ1v) is 4.70. The first-order chi connectivity index (χ1) is 6.25. The number of halogens is 1. The van der Waals surface area contributed by atoms with Gasteiger partial charge in [0, 0.05) is 16.2 Å². The molecule has 2 nitrogen and oxygen atoms in total. The Labute approximate surface area is 84.5 Å². The van der Waals surface area contributed by atoms with Crippen LogP contribution in [0.4, 0.5) is 0 Å². The zero-order chi connectivity index (χ0) is 9.42. The number of hydrogen-bond donors (Lipinski definition) is 0. The fourth-order valence-electron chi connectivity index (χ4n) is 1.43. The van der Waals surface area contributed by atoms with Gasteiger partial charge in [-0.05, 0) is 35.0 Å². The smallest absolute Gasteiger partial charge is 0.128 e. The highest BCUT2D eigenvalue weighted by Gasteiger charge is 2.10. The molecule has 0 aliphatic rings. The van der Waals surface area contributed by atoms with Crippen molar-refractivity contribution in [2.24, 2.45) is 0 Å². The van der Waals surface area contributed by atoms with Crippen molar-refractivity contribution >= 4 is 21.4 Å². The van der Waals surface area contributed by atoms with Crippen LogP contribution < -0.4 is 0 Å². The number of nitriles is 1. The highest BCUT2D eigenvalue weighted by atomic mass is 79.9. The molecule has 0 N–H and O–H groups in total. The van der Waals surface area contributed by atoms with Crippen LogP contribution in [0.3, 0.4) is 0 Å². The van der Waals surface area contributed by atoms with Crippen molar-refractivity contribution in [3.8, 4) is 6.07 Å². The number of nitrogens with zero attached hydrogens (tertiary/aromatic N) is 2. The molecule has 2 aromatic heterocycles. The van der Waals surface area contributed by atoms with Crippen molar-refractivity contribution in [2.45, 2.75) is 6.92 Å². The van der Waals surface area contributed by atoms with Crippen molar-refractivity contribution in [1.82, 2.24) is 4.40 Å². The average molecular weight is 235 g/mol. The largest absolute Gasteiger partial charge is 0.307 e. The summed E-state index contributed by atoms with van der Waals surface area (Å²) in [4.78, 5) is 0.